The first-order valence-corrected chi connectivity index (χ1v) is 60.3. The van der Waals surface area contributed by atoms with Crippen molar-refractivity contribution in [2.75, 3.05) is 105 Å². The zero-order valence-corrected chi connectivity index (χ0v) is 91.2. The van der Waals surface area contributed by atoms with Crippen LogP contribution >= 0.6 is 0 Å². The molecule has 0 aliphatic carbocycles. The molecule has 13 nitrogen and oxygen atoms in total. The van der Waals surface area contributed by atoms with Gasteiger partial charge in [0.1, 0.15) is 0 Å². The summed E-state index contributed by atoms with van der Waals surface area (Å²) in [6, 6.07) is 0. The van der Waals surface area contributed by atoms with Crippen LogP contribution < -0.4 is 26.6 Å². The molecule has 0 radical (unpaired) electrons. The molecule has 0 aliphatic heterocycles. The third-order valence-electron chi connectivity index (χ3n) is 27.7. The summed E-state index contributed by atoms with van der Waals surface area (Å²) < 4.78 is 0. The van der Waals surface area contributed by atoms with E-state index in [0.717, 1.165) is 104 Å². The molecule has 0 spiro atoms. The maximum absolute atomic E-state index is 13.0. The van der Waals surface area contributed by atoms with Gasteiger partial charge in [0, 0.05) is 84.7 Å². The highest BCUT2D eigenvalue weighted by Gasteiger charge is 2.17. The van der Waals surface area contributed by atoms with Gasteiger partial charge in [0.15, 0.2) is 0 Å². The third kappa shape index (κ3) is 117. The average molecular weight is 1860 g/mol. The molecular formula is C118H244N8O5. The Morgan fingerprint density at radius 1 is 0.183 bits per heavy atom. The average Bonchev–Trinajstić information content (AvgIpc) is 0.959. The van der Waals surface area contributed by atoms with Crippen LogP contribution in [0.25, 0.3) is 0 Å². The van der Waals surface area contributed by atoms with Gasteiger partial charge in [0.05, 0.1) is 12.2 Å². The van der Waals surface area contributed by atoms with Crippen LogP contribution in [0.15, 0.2) is 0 Å². The Morgan fingerprint density at radius 3 is 0.511 bits per heavy atom. The van der Waals surface area contributed by atoms with E-state index in [1.165, 1.54) is 514 Å². The molecule has 0 rings (SSSR count). The van der Waals surface area contributed by atoms with Crippen LogP contribution in [0, 0.1) is 0 Å². The van der Waals surface area contributed by atoms with Crippen LogP contribution in [-0.2, 0) is 14.4 Å². The Kier molecular flexibility index (Phi) is 123. The van der Waals surface area contributed by atoms with Crippen LogP contribution in [0.1, 0.15) is 627 Å². The van der Waals surface area contributed by atoms with Gasteiger partial charge in [-0.1, -0.05) is 550 Å². The van der Waals surface area contributed by atoms with Crippen LogP contribution in [0.3, 0.4) is 0 Å². The first-order chi connectivity index (χ1) is 64.6. The fourth-order valence-electron chi connectivity index (χ4n) is 18.9. The number of carbonyl (C=O) groups is 3. The van der Waals surface area contributed by atoms with Gasteiger partial charge < -0.3 is 51.5 Å². The lowest BCUT2D eigenvalue weighted by molar-refractivity contribution is -0.122. The van der Waals surface area contributed by atoms with E-state index in [0.29, 0.717) is 52.0 Å². The second-order valence-electron chi connectivity index (χ2n) is 41.0. The van der Waals surface area contributed by atoms with Crippen molar-refractivity contribution in [2.45, 2.75) is 640 Å². The first-order valence-electron chi connectivity index (χ1n) is 60.3. The molecule has 13 heteroatoms. The fraction of sp³-hybridized carbons (Fsp3) is 0.975. The molecule has 3 amide bonds. The summed E-state index contributed by atoms with van der Waals surface area (Å²) in [5.74, 6) is 0.469. The van der Waals surface area contributed by atoms with Crippen LogP contribution in [0.2, 0.25) is 0 Å². The molecule has 0 heterocycles. The zero-order valence-electron chi connectivity index (χ0n) is 91.2. The molecule has 0 fully saturated rings. The Hall–Kier alpha value is -1.87. The van der Waals surface area contributed by atoms with E-state index in [4.69, 9.17) is 0 Å². The number of aliphatic hydroxyl groups excluding tert-OH is 2. The topological polar surface area (TPSA) is 162 Å². The van der Waals surface area contributed by atoms with E-state index in [1.807, 2.05) is 13.8 Å². The van der Waals surface area contributed by atoms with Gasteiger partial charge in [-0.25, -0.2) is 0 Å². The van der Waals surface area contributed by atoms with E-state index in [-0.39, 0.29) is 23.8 Å². The summed E-state index contributed by atoms with van der Waals surface area (Å²) in [5.41, 5.74) is 0. The van der Waals surface area contributed by atoms with E-state index >= 15 is 0 Å². The van der Waals surface area contributed by atoms with Crippen molar-refractivity contribution in [3.63, 3.8) is 0 Å². The molecule has 0 bridgehead atoms. The van der Waals surface area contributed by atoms with Gasteiger partial charge in [0.25, 0.3) is 0 Å². The number of unbranched alkanes of at least 4 members (excludes halogenated alkanes) is 77. The van der Waals surface area contributed by atoms with Crippen molar-refractivity contribution in [1.82, 2.24) is 41.3 Å². The summed E-state index contributed by atoms with van der Waals surface area (Å²) >= 11 is 0. The summed E-state index contributed by atoms with van der Waals surface area (Å²) in [6.45, 7) is 33.4. The van der Waals surface area contributed by atoms with Crippen molar-refractivity contribution in [3.05, 3.63) is 0 Å². The quantitative estimate of drug-likeness (QED) is 0.0292. The van der Waals surface area contributed by atoms with E-state index in [2.05, 4.69) is 89.7 Å². The molecule has 0 aromatic carbocycles. The molecule has 2 atom stereocenters. The second kappa shape index (κ2) is 120. The number of aliphatic hydroxyl groups is 2. The minimum atomic E-state index is -0.451. The smallest absolute Gasteiger partial charge is 0.221 e. The predicted molar refractivity (Wildman–Crippen MR) is 583 cm³/mol. The van der Waals surface area contributed by atoms with Gasteiger partial charge in [0.2, 0.25) is 17.7 Å². The Bertz CT molecular complexity index is 2090. The number of hydrogen-bond acceptors (Lipinski definition) is 10. The van der Waals surface area contributed by atoms with Gasteiger partial charge in [-0.3, -0.25) is 14.4 Å². The van der Waals surface area contributed by atoms with Gasteiger partial charge in [-0.2, -0.15) is 0 Å². The Balaban J connectivity index is -0.00000254. The van der Waals surface area contributed by atoms with Crippen LogP contribution in [-0.4, -0.2) is 160 Å². The summed E-state index contributed by atoms with van der Waals surface area (Å²) in [6.07, 6.45) is 115. The number of nitrogens with one attached hydrogen (secondary N) is 5. The van der Waals surface area contributed by atoms with Crippen molar-refractivity contribution in [3.8, 4) is 0 Å². The van der Waals surface area contributed by atoms with E-state index in [9.17, 15) is 24.6 Å². The third-order valence-corrected chi connectivity index (χ3v) is 27.7. The van der Waals surface area contributed by atoms with Crippen molar-refractivity contribution < 1.29 is 24.6 Å². The van der Waals surface area contributed by atoms with E-state index in [1.54, 1.807) is 0 Å². The number of carbonyl (C=O) groups excluding carboxylic acids is 3. The molecule has 0 aromatic rings. The minimum Gasteiger partial charge on any atom is -0.390 e. The predicted octanol–water partition coefficient (Wildman–Crippen LogP) is 33.6. The number of rotatable bonds is 112. The first kappa shape index (κ1) is 133. The van der Waals surface area contributed by atoms with Crippen LogP contribution in [0.4, 0.5) is 0 Å². The molecule has 786 valence electrons. The summed E-state index contributed by atoms with van der Waals surface area (Å²) in [4.78, 5) is 45.5. The molecule has 2 unspecified atom stereocenters. The lowest BCUT2D eigenvalue weighted by Gasteiger charge is -2.26. The molecular weight excluding hydrogens is 1610 g/mol. The van der Waals surface area contributed by atoms with Gasteiger partial charge >= 0.3 is 0 Å². The van der Waals surface area contributed by atoms with Crippen LogP contribution in [0.5, 0.6) is 0 Å². The van der Waals surface area contributed by atoms with Crippen molar-refractivity contribution in [1.29, 1.82) is 0 Å². The summed E-state index contributed by atoms with van der Waals surface area (Å²) in [7, 11) is 0. The molecule has 0 aliphatic rings. The highest BCUT2D eigenvalue weighted by atomic mass is 16.3. The number of nitrogens with zero attached hydrogens (tertiary/aromatic N) is 3. The normalized spacial score (nSPS) is 12.0. The SMILES string of the molecule is CC.CCCCCCCCCCCCCCCCCCCN(CCCCCCCCCCCCCC)CC(O)CNCCC(=O)NCCCCCCCCCCCC.CCCCCCCCCCCCCCN(CCCCN(CCCCCCCCCCCCCC)CC(O)CNCCC(=O)NCCCCCCCCCCCC)CCC(=O)NCCCCCCCCCCCC. The summed E-state index contributed by atoms with van der Waals surface area (Å²) in [5, 5.41) is 38.4. The molecule has 0 saturated carbocycles. The van der Waals surface area contributed by atoms with Gasteiger partial charge in [-0.05, 0) is 97.1 Å². The molecule has 7 N–H and O–H groups in total. The highest BCUT2D eigenvalue weighted by molar-refractivity contribution is 5.76. The Labute approximate surface area is 823 Å². The maximum Gasteiger partial charge on any atom is 0.221 e. The maximum atomic E-state index is 13.0. The molecule has 0 aromatic heterocycles. The monoisotopic (exact) mass is 1850 g/mol. The minimum absolute atomic E-state index is 0.115. The lowest BCUT2D eigenvalue weighted by Crippen LogP contribution is -2.40. The number of amides is 3. The largest absolute Gasteiger partial charge is 0.390 e. The van der Waals surface area contributed by atoms with Gasteiger partial charge in [-0.15, -0.1) is 0 Å². The second-order valence-corrected chi connectivity index (χ2v) is 41.0. The zero-order chi connectivity index (χ0) is 95.7. The lowest BCUT2D eigenvalue weighted by atomic mass is 10.0. The van der Waals surface area contributed by atoms with Crippen molar-refractivity contribution >= 4 is 17.7 Å². The standard InChI is InChI=1S/C65H133N5O3.C51H105N3O2.C2H6/c1-5-9-13-17-21-25-29-31-35-39-43-47-56-69(60-52-65(73)68-54-46-42-38-34-28-24-20-16-12-8-4)57-49-50-59-70(58-48-44-40-36-32-30-26-22-18-14-10-6-2)62-63(71)61-66-55-51-64(72)67-53-45-41-37-33-27-23-19-15-11-7-3;1-4-7-10-13-16-19-22-24-25-26-27-28-30-33-36-39-42-47-54(46-41-38-35-32-29-23-20-17-14-11-8-5-2)49-50(55)48-52-45-43-51(56)53-44-40-37-34-31-21-18-15-12-9-6-3;1-2/h63,66,71H,5-62H2,1-4H3,(H,67,72)(H,68,73);50,52,55H,4-49H2,1-3H3,(H,53,56);1-2H3. The molecule has 131 heavy (non-hydrogen) atoms. The Morgan fingerprint density at radius 2 is 0.328 bits per heavy atom. The molecule has 0 saturated heterocycles. The van der Waals surface area contributed by atoms with E-state index < -0.39 is 6.10 Å². The fourth-order valence-corrected chi connectivity index (χ4v) is 18.9. The van der Waals surface area contributed by atoms with Crippen molar-refractivity contribution in [2.24, 2.45) is 0 Å². The number of hydrogen-bond donors (Lipinski definition) is 7. The highest BCUT2D eigenvalue weighted by Crippen LogP contribution is 2.21.